The number of H-pyrrole nitrogens is 1. The van der Waals surface area contributed by atoms with Gasteiger partial charge < -0.3 is 15.5 Å². The monoisotopic (exact) mass is 249 g/mol. The van der Waals surface area contributed by atoms with Crippen LogP contribution in [0, 0.1) is 12.7 Å². The van der Waals surface area contributed by atoms with Gasteiger partial charge in [0.2, 0.25) is 5.88 Å². The van der Waals surface area contributed by atoms with E-state index in [1.807, 2.05) is 0 Å². The van der Waals surface area contributed by atoms with Gasteiger partial charge >= 0.3 is 0 Å². The number of aromatic amines is 1. The number of aromatic nitrogens is 2. The van der Waals surface area contributed by atoms with Crippen LogP contribution in [-0.4, -0.2) is 9.97 Å². The van der Waals surface area contributed by atoms with Gasteiger partial charge in [-0.15, -0.1) is 0 Å². The number of rotatable bonds is 3. The molecule has 0 aliphatic carbocycles. The number of nitrogens with zero attached hydrogens (tertiary/aromatic N) is 1. The normalized spacial score (nSPS) is 10.4. The molecule has 0 radical (unpaired) electrons. The van der Waals surface area contributed by atoms with Gasteiger partial charge in [-0.1, -0.05) is 6.07 Å². The van der Waals surface area contributed by atoms with Gasteiger partial charge in [-0.2, -0.15) is 0 Å². The predicted octanol–water partition coefficient (Wildman–Crippen LogP) is 1.47. The molecule has 18 heavy (non-hydrogen) atoms. The lowest BCUT2D eigenvalue weighted by molar-refractivity contribution is 0.446. The van der Waals surface area contributed by atoms with Crippen LogP contribution in [0.1, 0.15) is 11.4 Å². The van der Waals surface area contributed by atoms with Gasteiger partial charge in [0.1, 0.15) is 17.4 Å². The van der Waals surface area contributed by atoms with E-state index >= 15 is 0 Å². The second kappa shape index (κ2) is 4.97. The predicted molar refractivity (Wildman–Crippen MR) is 64.0 cm³/mol. The Balaban J connectivity index is 2.39. The Kier molecular flexibility index (Phi) is 3.38. The summed E-state index contributed by atoms with van der Waals surface area (Å²) in [4.78, 5) is 17.7. The Bertz CT molecular complexity index is 625. The highest BCUT2D eigenvalue weighted by molar-refractivity contribution is 5.36. The van der Waals surface area contributed by atoms with E-state index in [1.54, 1.807) is 13.0 Å². The lowest BCUT2D eigenvalue weighted by Gasteiger charge is -2.09. The molecule has 2 aromatic rings. The molecule has 0 bridgehead atoms. The lowest BCUT2D eigenvalue weighted by Crippen LogP contribution is -2.09. The lowest BCUT2D eigenvalue weighted by atomic mass is 10.2. The molecule has 0 fully saturated rings. The van der Waals surface area contributed by atoms with Crippen molar-refractivity contribution in [3.63, 3.8) is 0 Å². The van der Waals surface area contributed by atoms with Crippen LogP contribution in [0.5, 0.6) is 11.6 Å². The van der Waals surface area contributed by atoms with Crippen LogP contribution >= 0.6 is 0 Å². The van der Waals surface area contributed by atoms with Gasteiger partial charge in [0, 0.05) is 12.1 Å². The first-order valence-corrected chi connectivity index (χ1v) is 5.33. The van der Waals surface area contributed by atoms with Crippen LogP contribution in [0.2, 0.25) is 0 Å². The van der Waals surface area contributed by atoms with Crippen molar-refractivity contribution in [1.82, 2.24) is 9.97 Å². The summed E-state index contributed by atoms with van der Waals surface area (Å²) in [5, 5.41) is 0. The van der Waals surface area contributed by atoms with E-state index in [9.17, 15) is 9.18 Å². The van der Waals surface area contributed by atoms with E-state index in [2.05, 4.69) is 9.97 Å². The number of nitrogens with one attached hydrogen (secondary N) is 1. The van der Waals surface area contributed by atoms with Crippen molar-refractivity contribution >= 4 is 0 Å². The van der Waals surface area contributed by atoms with Gasteiger partial charge in [0.25, 0.3) is 5.56 Å². The maximum Gasteiger partial charge on any atom is 0.254 e. The topological polar surface area (TPSA) is 81.0 Å². The molecule has 0 aliphatic heterocycles. The summed E-state index contributed by atoms with van der Waals surface area (Å²) in [7, 11) is 0. The zero-order valence-electron chi connectivity index (χ0n) is 9.74. The third kappa shape index (κ3) is 2.54. The fraction of sp³-hybridized carbons (Fsp3) is 0.167. The summed E-state index contributed by atoms with van der Waals surface area (Å²) >= 11 is 0. The quantitative estimate of drug-likeness (QED) is 0.863. The fourth-order valence-electron chi connectivity index (χ4n) is 1.55. The van der Waals surface area contributed by atoms with E-state index in [0.717, 1.165) is 0 Å². The summed E-state index contributed by atoms with van der Waals surface area (Å²) in [6, 6.07) is 5.57. The Hall–Kier alpha value is -2.21. The summed E-state index contributed by atoms with van der Waals surface area (Å²) in [6.07, 6.45) is 0. The first-order chi connectivity index (χ1) is 8.60. The standard InChI is InChI=1S/C12H12FN3O2/c1-7-15-11(17)5-12(16-7)18-10-4-2-3-9(13)8(10)6-14/h2-5H,6,14H2,1H3,(H,15,16,17). The summed E-state index contributed by atoms with van der Waals surface area (Å²) < 4.78 is 18.9. The molecular formula is C12H12FN3O2. The molecule has 0 amide bonds. The highest BCUT2D eigenvalue weighted by Crippen LogP contribution is 2.25. The van der Waals surface area contributed by atoms with E-state index in [0.29, 0.717) is 5.82 Å². The second-order valence-electron chi connectivity index (χ2n) is 3.69. The SMILES string of the molecule is Cc1nc(Oc2cccc(F)c2CN)cc(=O)[nH]1. The number of ether oxygens (including phenoxy) is 1. The van der Waals surface area contributed by atoms with Gasteiger partial charge in [0.15, 0.2) is 0 Å². The molecule has 0 unspecified atom stereocenters. The molecule has 1 heterocycles. The van der Waals surface area contributed by atoms with Gasteiger partial charge in [-0.05, 0) is 19.1 Å². The molecule has 0 saturated carbocycles. The van der Waals surface area contributed by atoms with Gasteiger partial charge in [0.05, 0.1) is 6.07 Å². The van der Waals surface area contributed by atoms with E-state index in [4.69, 9.17) is 10.5 Å². The molecule has 0 atom stereocenters. The number of hydrogen-bond acceptors (Lipinski definition) is 4. The molecule has 1 aromatic carbocycles. The summed E-state index contributed by atoms with van der Waals surface area (Å²) in [5.41, 5.74) is 5.37. The molecular weight excluding hydrogens is 237 g/mol. The maximum atomic E-state index is 13.5. The molecule has 94 valence electrons. The van der Waals surface area contributed by atoms with Crippen LogP contribution in [0.15, 0.2) is 29.1 Å². The van der Waals surface area contributed by atoms with E-state index < -0.39 is 5.82 Å². The first kappa shape index (κ1) is 12.3. The zero-order chi connectivity index (χ0) is 13.1. The zero-order valence-corrected chi connectivity index (χ0v) is 9.74. The minimum Gasteiger partial charge on any atom is -0.438 e. The van der Waals surface area contributed by atoms with Crippen molar-refractivity contribution in [2.24, 2.45) is 5.73 Å². The van der Waals surface area contributed by atoms with E-state index in [-0.39, 0.29) is 29.3 Å². The smallest absolute Gasteiger partial charge is 0.254 e. The van der Waals surface area contributed by atoms with Gasteiger partial charge in [-0.25, -0.2) is 9.37 Å². The highest BCUT2D eigenvalue weighted by atomic mass is 19.1. The van der Waals surface area contributed by atoms with E-state index in [1.165, 1.54) is 18.2 Å². The molecule has 3 N–H and O–H groups in total. The van der Waals surface area contributed by atoms with Crippen molar-refractivity contribution in [2.75, 3.05) is 0 Å². The maximum absolute atomic E-state index is 13.5. The first-order valence-electron chi connectivity index (χ1n) is 5.33. The average Bonchev–Trinajstić information content (AvgIpc) is 2.27. The molecule has 0 spiro atoms. The average molecular weight is 249 g/mol. The van der Waals surface area contributed by atoms with Crippen LogP contribution in [0.4, 0.5) is 4.39 Å². The number of aryl methyl sites for hydroxylation is 1. The number of benzene rings is 1. The van der Waals surface area contributed by atoms with Crippen molar-refractivity contribution in [3.8, 4) is 11.6 Å². The van der Waals surface area contributed by atoms with Crippen LogP contribution in [0.25, 0.3) is 0 Å². The Morgan fingerprint density at radius 3 is 2.94 bits per heavy atom. The third-order valence-corrected chi connectivity index (χ3v) is 2.33. The minimum atomic E-state index is -0.448. The molecule has 1 aromatic heterocycles. The second-order valence-corrected chi connectivity index (χ2v) is 3.69. The molecule has 0 aliphatic rings. The molecule has 0 saturated heterocycles. The molecule has 5 nitrogen and oxygen atoms in total. The molecule has 2 rings (SSSR count). The Labute approximate surface area is 102 Å². The van der Waals surface area contributed by atoms with Crippen LogP contribution < -0.4 is 16.0 Å². The van der Waals surface area contributed by atoms with Crippen molar-refractivity contribution in [2.45, 2.75) is 13.5 Å². The number of hydrogen-bond donors (Lipinski definition) is 2. The van der Waals surface area contributed by atoms with Gasteiger partial charge in [-0.3, -0.25) is 4.79 Å². The number of nitrogens with two attached hydrogens (primary N) is 1. The third-order valence-electron chi connectivity index (χ3n) is 2.33. The van der Waals surface area contributed by atoms with Crippen molar-refractivity contribution in [1.29, 1.82) is 0 Å². The van der Waals surface area contributed by atoms with Crippen LogP contribution in [0.3, 0.4) is 0 Å². The fourth-order valence-corrected chi connectivity index (χ4v) is 1.55. The highest BCUT2D eigenvalue weighted by Gasteiger charge is 2.10. The largest absolute Gasteiger partial charge is 0.438 e. The molecule has 6 heteroatoms. The minimum absolute atomic E-state index is 0.00415. The van der Waals surface area contributed by atoms with Crippen LogP contribution in [-0.2, 0) is 6.54 Å². The van der Waals surface area contributed by atoms with Crippen molar-refractivity contribution in [3.05, 3.63) is 51.8 Å². The Morgan fingerprint density at radius 2 is 2.28 bits per heavy atom. The number of halogens is 1. The summed E-state index contributed by atoms with van der Waals surface area (Å²) in [6.45, 7) is 1.63. The van der Waals surface area contributed by atoms with Crippen molar-refractivity contribution < 1.29 is 9.13 Å². The Morgan fingerprint density at radius 1 is 1.50 bits per heavy atom. The summed E-state index contributed by atoms with van der Waals surface area (Å²) in [5.74, 6) is 0.339.